The van der Waals surface area contributed by atoms with Gasteiger partial charge in [0.2, 0.25) is 0 Å². The lowest BCUT2D eigenvalue weighted by molar-refractivity contribution is 0.837. The van der Waals surface area contributed by atoms with Crippen molar-refractivity contribution in [2.75, 3.05) is 7.05 Å². The van der Waals surface area contributed by atoms with Crippen LogP contribution in [0.25, 0.3) is 27.5 Å². The van der Waals surface area contributed by atoms with Crippen molar-refractivity contribution in [3.8, 4) is 0 Å². The van der Waals surface area contributed by atoms with Crippen molar-refractivity contribution in [2.24, 2.45) is 4.99 Å². The number of para-hydroxylation sites is 2. The summed E-state index contributed by atoms with van der Waals surface area (Å²) in [6.07, 6.45) is 5.87. The van der Waals surface area contributed by atoms with Gasteiger partial charge in [-0.15, -0.1) is 0 Å². The molecule has 0 aliphatic carbocycles. The van der Waals surface area contributed by atoms with Crippen LogP contribution in [0.15, 0.2) is 84.1 Å². The molecule has 0 aliphatic heterocycles. The van der Waals surface area contributed by atoms with Gasteiger partial charge >= 0.3 is 0 Å². The van der Waals surface area contributed by atoms with Crippen molar-refractivity contribution < 1.29 is 0 Å². The van der Waals surface area contributed by atoms with Gasteiger partial charge in [-0.3, -0.25) is 15.0 Å². The fourth-order valence-corrected chi connectivity index (χ4v) is 3.34. The summed E-state index contributed by atoms with van der Waals surface area (Å²) in [5, 5.41) is 5.53. The van der Waals surface area contributed by atoms with Gasteiger partial charge in [-0.25, -0.2) is 0 Å². The Morgan fingerprint density at radius 1 is 0.862 bits per heavy atom. The third-order valence-electron chi connectivity index (χ3n) is 4.74. The average Bonchev–Trinajstić information content (AvgIpc) is 2.75. The standard InChI is InChI=1S/C25H24N4/c1-17(2)29-25(21-13-19-9-5-7-11-23(19)28-16-21)14-24(26-3)20-12-18-8-4-6-10-22(18)27-15-20/h4-17,26H,1-3H3/b24-14-,29-25-. The molecule has 4 rings (SSSR count). The van der Waals surface area contributed by atoms with Crippen LogP contribution < -0.4 is 5.32 Å². The van der Waals surface area contributed by atoms with Crippen molar-refractivity contribution in [1.82, 2.24) is 15.3 Å². The molecule has 1 N–H and O–H groups in total. The molecule has 4 aromatic rings. The minimum Gasteiger partial charge on any atom is -0.388 e. The number of nitrogens with one attached hydrogen (secondary N) is 1. The van der Waals surface area contributed by atoms with E-state index in [1.54, 1.807) is 0 Å². The molecule has 2 aromatic carbocycles. The number of hydrogen-bond acceptors (Lipinski definition) is 4. The first-order chi connectivity index (χ1) is 14.1. The normalized spacial score (nSPS) is 12.7. The number of hydrogen-bond donors (Lipinski definition) is 1. The van der Waals surface area contributed by atoms with E-state index in [0.717, 1.165) is 44.3 Å². The van der Waals surface area contributed by atoms with Gasteiger partial charge in [0.25, 0.3) is 0 Å². The molecule has 0 radical (unpaired) electrons. The molecule has 0 saturated heterocycles. The fraction of sp³-hybridized carbons (Fsp3) is 0.160. The lowest BCUT2D eigenvalue weighted by Gasteiger charge is -2.11. The fourth-order valence-electron chi connectivity index (χ4n) is 3.34. The van der Waals surface area contributed by atoms with Crippen LogP contribution in [0.1, 0.15) is 25.0 Å². The zero-order valence-corrected chi connectivity index (χ0v) is 16.9. The summed E-state index contributed by atoms with van der Waals surface area (Å²) >= 11 is 0. The molecular formula is C25H24N4. The summed E-state index contributed by atoms with van der Waals surface area (Å²) in [6, 6.07) is 20.7. The molecule has 4 nitrogen and oxygen atoms in total. The first-order valence-corrected chi connectivity index (χ1v) is 9.81. The van der Waals surface area contributed by atoms with E-state index < -0.39 is 0 Å². The van der Waals surface area contributed by atoms with Crippen LogP contribution in [0, 0.1) is 0 Å². The van der Waals surface area contributed by atoms with Crippen LogP contribution in [0.3, 0.4) is 0 Å². The Morgan fingerprint density at radius 2 is 1.41 bits per heavy atom. The minimum absolute atomic E-state index is 0.167. The quantitative estimate of drug-likeness (QED) is 0.482. The Labute approximate surface area is 171 Å². The maximum Gasteiger partial charge on any atom is 0.0702 e. The molecule has 0 amide bonds. The van der Waals surface area contributed by atoms with Gasteiger partial charge in [0, 0.05) is 53.1 Å². The molecule has 0 unspecified atom stereocenters. The van der Waals surface area contributed by atoms with Crippen molar-refractivity contribution in [1.29, 1.82) is 0 Å². The predicted octanol–water partition coefficient (Wildman–Crippen LogP) is 5.24. The summed E-state index contributed by atoms with van der Waals surface area (Å²) in [6.45, 7) is 4.16. The molecule has 4 heteroatoms. The number of benzene rings is 2. The number of allylic oxidation sites excluding steroid dienone is 1. The van der Waals surface area contributed by atoms with Gasteiger partial charge < -0.3 is 5.32 Å². The number of aliphatic imine (C=N–C) groups is 1. The van der Waals surface area contributed by atoms with Crippen LogP contribution in [0.5, 0.6) is 0 Å². The zero-order valence-electron chi connectivity index (χ0n) is 16.9. The second-order valence-electron chi connectivity index (χ2n) is 7.25. The van der Waals surface area contributed by atoms with Crippen molar-refractivity contribution in [2.45, 2.75) is 19.9 Å². The highest BCUT2D eigenvalue weighted by molar-refractivity contribution is 6.13. The molecule has 0 saturated carbocycles. The van der Waals surface area contributed by atoms with E-state index in [4.69, 9.17) is 4.99 Å². The monoisotopic (exact) mass is 380 g/mol. The van der Waals surface area contributed by atoms with E-state index in [9.17, 15) is 0 Å². The van der Waals surface area contributed by atoms with E-state index in [1.807, 2.05) is 55.8 Å². The van der Waals surface area contributed by atoms with Gasteiger partial charge in [0.1, 0.15) is 0 Å². The van der Waals surface area contributed by atoms with E-state index in [1.165, 1.54) is 0 Å². The molecule has 0 bridgehead atoms. The molecule has 0 aliphatic rings. The topological polar surface area (TPSA) is 50.2 Å². The Balaban J connectivity index is 1.81. The Kier molecular flexibility index (Phi) is 5.34. The minimum atomic E-state index is 0.167. The largest absolute Gasteiger partial charge is 0.388 e. The Hall–Kier alpha value is -3.53. The molecule has 2 aromatic heterocycles. The van der Waals surface area contributed by atoms with Crippen LogP contribution >= 0.6 is 0 Å². The van der Waals surface area contributed by atoms with Crippen molar-refractivity contribution in [3.63, 3.8) is 0 Å². The summed E-state index contributed by atoms with van der Waals surface area (Å²) in [5.74, 6) is 0. The maximum absolute atomic E-state index is 4.87. The summed E-state index contributed by atoms with van der Waals surface area (Å²) in [7, 11) is 1.92. The van der Waals surface area contributed by atoms with Crippen LogP contribution in [-0.4, -0.2) is 28.8 Å². The second kappa shape index (κ2) is 8.23. The van der Waals surface area contributed by atoms with Gasteiger partial charge in [-0.05, 0) is 44.2 Å². The molecule has 0 spiro atoms. The number of nitrogens with zero attached hydrogens (tertiary/aromatic N) is 3. The van der Waals surface area contributed by atoms with Gasteiger partial charge in [-0.1, -0.05) is 36.4 Å². The smallest absolute Gasteiger partial charge is 0.0702 e. The third kappa shape index (κ3) is 4.16. The third-order valence-corrected chi connectivity index (χ3v) is 4.74. The highest BCUT2D eigenvalue weighted by atomic mass is 14.8. The molecular weight excluding hydrogens is 356 g/mol. The molecule has 2 heterocycles. The van der Waals surface area contributed by atoms with Crippen LogP contribution in [0.2, 0.25) is 0 Å². The lowest BCUT2D eigenvalue weighted by Crippen LogP contribution is -2.10. The number of fused-ring (bicyclic) bond motifs is 2. The lowest BCUT2D eigenvalue weighted by atomic mass is 10.0. The Bertz CT molecular complexity index is 1220. The predicted molar refractivity (Wildman–Crippen MR) is 122 cm³/mol. The molecule has 144 valence electrons. The highest BCUT2D eigenvalue weighted by Crippen LogP contribution is 2.20. The van der Waals surface area contributed by atoms with E-state index in [-0.39, 0.29) is 6.04 Å². The first-order valence-electron chi connectivity index (χ1n) is 9.81. The van der Waals surface area contributed by atoms with Crippen molar-refractivity contribution in [3.05, 3.63) is 90.3 Å². The van der Waals surface area contributed by atoms with E-state index >= 15 is 0 Å². The van der Waals surface area contributed by atoms with E-state index in [2.05, 4.69) is 59.5 Å². The maximum atomic E-state index is 4.87. The summed E-state index contributed by atoms with van der Waals surface area (Å²) in [4.78, 5) is 14.1. The zero-order chi connectivity index (χ0) is 20.2. The number of rotatable bonds is 5. The molecule has 0 fully saturated rings. The van der Waals surface area contributed by atoms with Gasteiger partial charge in [-0.2, -0.15) is 0 Å². The van der Waals surface area contributed by atoms with E-state index in [0.29, 0.717) is 0 Å². The summed E-state index contributed by atoms with van der Waals surface area (Å²) in [5.41, 5.74) is 5.86. The molecule has 0 atom stereocenters. The first kappa shape index (κ1) is 18.8. The second-order valence-corrected chi connectivity index (χ2v) is 7.25. The summed E-state index contributed by atoms with van der Waals surface area (Å²) < 4.78 is 0. The van der Waals surface area contributed by atoms with Gasteiger partial charge in [0.05, 0.1) is 16.7 Å². The van der Waals surface area contributed by atoms with Crippen LogP contribution in [0.4, 0.5) is 0 Å². The average molecular weight is 380 g/mol. The van der Waals surface area contributed by atoms with Gasteiger partial charge in [0.15, 0.2) is 0 Å². The van der Waals surface area contributed by atoms with Crippen molar-refractivity contribution >= 4 is 33.2 Å². The van der Waals surface area contributed by atoms with Crippen LogP contribution in [-0.2, 0) is 0 Å². The number of pyridine rings is 2. The highest BCUT2D eigenvalue weighted by Gasteiger charge is 2.09. The number of aromatic nitrogens is 2. The SMILES string of the molecule is CN/C(=C\C(=N\C(C)C)c1cnc2ccccc2c1)c1cnc2ccccc2c1. The molecule has 29 heavy (non-hydrogen) atoms. The Morgan fingerprint density at radius 3 is 2.00 bits per heavy atom.